The number of hydrogen-bond donors (Lipinski definition) is 2. The number of methoxy groups -OCH3 is 1. The number of rotatable bonds is 10. The first-order valence-corrected chi connectivity index (χ1v) is 9.62. The van der Waals surface area contributed by atoms with E-state index in [1.54, 1.807) is 14.2 Å². The van der Waals surface area contributed by atoms with Crippen molar-refractivity contribution < 1.29 is 9.47 Å². The van der Waals surface area contributed by atoms with Crippen LogP contribution in [-0.4, -0.2) is 64.4 Å². The summed E-state index contributed by atoms with van der Waals surface area (Å²) in [6.07, 6.45) is 6.29. The third-order valence-electron chi connectivity index (χ3n) is 4.79. The van der Waals surface area contributed by atoms with Crippen molar-refractivity contribution >= 4 is 11.6 Å². The number of ether oxygens (including phenoxy) is 2. The lowest BCUT2D eigenvalue weighted by atomic mass is 10.2. The predicted octanol–water partition coefficient (Wildman–Crippen LogP) is 2.96. The molecule has 0 heterocycles. The largest absolute Gasteiger partial charge is 0.493 e. The van der Waals surface area contributed by atoms with Crippen LogP contribution in [0.3, 0.4) is 0 Å². The van der Waals surface area contributed by atoms with E-state index in [-0.39, 0.29) is 0 Å². The van der Waals surface area contributed by atoms with Crippen molar-refractivity contribution in [1.82, 2.24) is 10.2 Å². The summed E-state index contributed by atoms with van der Waals surface area (Å²) in [5.74, 6) is 1.63. The quantitative estimate of drug-likeness (QED) is 0.381. The van der Waals surface area contributed by atoms with Crippen molar-refractivity contribution in [3.05, 3.63) is 24.3 Å². The van der Waals surface area contributed by atoms with E-state index in [9.17, 15) is 0 Å². The van der Waals surface area contributed by atoms with Gasteiger partial charge in [0, 0.05) is 58.1 Å². The monoisotopic (exact) mass is 362 g/mol. The van der Waals surface area contributed by atoms with E-state index >= 15 is 0 Å². The number of likely N-dealkylation sites (N-methyl/N-ethyl adjacent to an activating group) is 1. The summed E-state index contributed by atoms with van der Waals surface area (Å²) in [4.78, 5) is 6.77. The Bertz CT molecular complexity index is 544. The Morgan fingerprint density at radius 2 is 2.08 bits per heavy atom. The maximum Gasteiger partial charge on any atom is 0.195 e. The van der Waals surface area contributed by atoms with Gasteiger partial charge >= 0.3 is 0 Å². The fourth-order valence-electron chi connectivity index (χ4n) is 3.25. The molecule has 0 amide bonds. The summed E-state index contributed by atoms with van der Waals surface area (Å²) >= 11 is 0. The van der Waals surface area contributed by atoms with Crippen molar-refractivity contribution in [2.24, 2.45) is 4.99 Å². The molecule has 1 saturated carbocycles. The molecule has 0 spiro atoms. The lowest BCUT2D eigenvalue weighted by Crippen LogP contribution is -2.39. The van der Waals surface area contributed by atoms with Gasteiger partial charge in [-0.15, -0.1) is 0 Å². The van der Waals surface area contributed by atoms with Gasteiger partial charge in [-0.3, -0.25) is 4.99 Å². The predicted molar refractivity (Wildman–Crippen MR) is 108 cm³/mol. The molecule has 0 unspecified atom stereocenters. The molecule has 0 saturated heterocycles. The average molecular weight is 363 g/mol. The van der Waals surface area contributed by atoms with E-state index in [1.807, 2.05) is 24.3 Å². The number of nitrogens with one attached hydrogen (secondary N) is 2. The zero-order valence-electron chi connectivity index (χ0n) is 16.5. The van der Waals surface area contributed by atoms with E-state index in [0.717, 1.165) is 42.9 Å². The van der Waals surface area contributed by atoms with Crippen molar-refractivity contribution in [3.8, 4) is 5.75 Å². The van der Waals surface area contributed by atoms with Gasteiger partial charge in [-0.2, -0.15) is 0 Å². The second-order valence-electron chi connectivity index (χ2n) is 6.77. The SMILES string of the molecule is CN=C(NCCN(C)C1CCCC1)Nc1cccc(OCCCOC)c1. The van der Waals surface area contributed by atoms with Crippen LogP contribution in [0.5, 0.6) is 5.75 Å². The number of anilines is 1. The lowest BCUT2D eigenvalue weighted by Gasteiger charge is -2.24. The second-order valence-corrected chi connectivity index (χ2v) is 6.77. The van der Waals surface area contributed by atoms with Crippen LogP contribution < -0.4 is 15.4 Å². The normalized spacial score (nSPS) is 15.5. The molecule has 0 atom stereocenters. The Balaban J connectivity index is 1.74. The minimum atomic E-state index is 0.651. The number of aliphatic imine (C=N–C) groups is 1. The molecular formula is C20H34N4O2. The molecule has 0 radical (unpaired) electrons. The Kier molecular flexibility index (Phi) is 9.28. The zero-order chi connectivity index (χ0) is 18.6. The molecule has 6 nitrogen and oxygen atoms in total. The molecule has 1 aromatic rings. The van der Waals surface area contributed by atoms with Crippen LogP contribution in [0.2, 0.25) is 0 Å². The van der Waals surface area contributed by atoms with Gasteiger partial charge in [0.2, 0.25) is 0 Å². The van der Waals surface area contributed by atoms with Crippen LogP contribution in [0.1, 0.15) is 32.1 Å². The molecule has 1 aliphatic rings. The topological polar surface area (TPSA) is 58.1 Å². The van der Waals surface area contributed by atoms with Crippen LogP contribution in [0, 0.1) is 0 Å². The first-order chi connectivity index (χ1) is 12.7. The van der Waals surface area contributed by atoms with Crippen LogP contribution in [0.25, 0.3) is 0 Å². The van der Waals surface area contributed by atoms with E-state index < -0.39 is 0 Å². The number of guanidine groups is 1. The maximum atomic E-state index is 5.75. The van der Waals surface area contributed by atoms with E-state index in [0.29, 0.717) is 13.2 Å². The Labute approximate surface area is 158 Å². The second kappa shape index (κ2) is 11.8. The Hall–Kier alpha value is -1.79. The van der Waals surface area contributed by atoms with Gasteiger partial charge in [0.1, 0.15) is 5.75 Å². The smallest absolute Gasteiger partial charge is 0.195 e. The summed E-state index contributed by atoms with van der Waals surface area (Å²) < 4.78 is 10.8. The van der Waals surface area contributed by atoms with Gasteiger partial charge < -0.3 is 25.0 Å². The van der Waals surface area contributed by atoms with Crippen LogP contribution in [-0.2, 0) is 4.74 Å². The highest BCUT2D eigenvalue weighted by molar-refractivity contribution is 5.93. The van der Waals surface area contributed by atoms with Gasteiger partial charge in [0.25, 0.3) is 0 Å². The van der Waals surface area contributed by atoms with Gasteiger partial charge in [-0.05, 0) is 32.0 Å². The highest BCUT2D eigenvalue weighted by Gasteiger charge is 2.18. The van der Waals surface area contributed by atoms with Crippen molar-refractivity contribution in [2.75, 3.05) is 52.8 Å². The van der Waals surface area contributed by atoms with Gasteiger partial charge in [-0.1, -0.05) is 18.9 Å². The van der Waals surface area contributed by atoms with Crippen LogP contribution in [0.15, 0.2) is 29.3 Å². The third-order valence-corrected chi connectivity index (χ3v) is 4.79. The van der Waals surface area contributed by atoms with Crippen LogP contribution >= 0.6 is 0 Å². The summed E-state index contributed by atoms with van der Waals surface area (Å²) in [7, 11) is 5.72. The molecule has 2 N–H and O–H groups in total. The van der Waals surface area contributed by atoms with Gasteiger partial charge in [0.05, 0.1) is 6.61 Å². The molecule has 0 bridgehead atoms. The number of nitrogens with zero attached hydrogens (tertiary/aromatic N) is 2. The van der Waals surface area contributed by atoms with Gasteiger partial charge in [-0.25, -0.2) is 0 Å². The average Bonchev–Trinajstić information content (AvgIpc) is 3.19. The molecular weight excluding hydrogens is 328 g/mol. The lowest BCUT2D eigenvalue weighted by molar-refractivity contribution is 0.172. The zero-order valence-corrected chi connectivity index (χ0v) is 16.5. The fraction of sp³-hybridized carbons (Fsp3) is 0.650. The summed E-state index contributed by atoms with van der Waals surface area (Å²) in [6.45, 7) is 3.26. The standard InChI is InChI=1S/C20H34N4O2/c1-21-20(22-12-13-24(2)18-9-4-5-10-18)23-17-8-6-11-19(16-17)26-15-7-14-25-3/h6,8,11,16,18H,4-5,7,9-10,12-15H2,1-3H3,(H2,21,22,23). The summed E-state index contributed by atoms with van der Waals surface area (Å²) in [6, 6.07) is 8.70. The molecule has 2 rings (SSSR count). The minimum Gasteiger partial charge on any atom is -0.493 e. The summed E-state index contributed by atoms with van der Waals surface area (Å²) in [5.41, 5.74) is 0.964. The highest BCUT2D eigenvalue weighted by Crippen LogP contribution is 2.22. The molecule has 1 fully saturated rings. The molecule has 0 aromatic heterocycles. The maximum absolute atomic E-state index is 5.75. The Morgan fingerprint density at radius 3 is 2.81 bits per heavy atom. The van der Waals surface area contributed by atoms with Gasteiger partial charge in [0.15, 0.2) is 5.96 Å². The van der Waals surface area contributed by atoms with E-state index in [2.05, 4.69) is 27.6 Å². The molecule has 146 valence electrons. The Morgan fingerprint density at radius 1 is 1.27 bits per heavy atom. The number of benzene rings is 1. The molecule has 6 heteroatoms. The first-order valence-electron chi connectivity index (χ1n) is 9.62. The molecule has 0 aliphatic heterocycles. The minimum absolute atomic E-state index is 0.651. The molecule has 1 aromatic carbocycles. The van der Waals surface area contributed by atoms with Crippen molar-refractivity contribution in [1.29, 1.82) is 0 Å². The van der Waals surface area contributed by atoms with Crippen molar-refractivity contribution in [3.63, 3.8) is 0 Å². The van der Waals surface area contributed by atoms with E-state index in [1.165, 1.54) is 25.7 Å². The van der Waals surface area contributed by atoms with Crippen LogP contribution in [0.4, 0.5) is 5.69 Å². The fourth-order valence-corrected chi connectivity index (χ4v) is 3.25. The highest BCUT2D eigenvalue weighted by atomic mass is 16.5. The summed E-state index contributed by atoms with van der Waals surface area (Å²) in [5, 5.41) is 6.72. The van der Waals surface area contributed by atoms with E-state index in [4.69, 9.17) is 9.47 Å². The third kappa shape index (κ3) is 7.22. The van der Waals surface area contributed by atoms with Crippen molar-refractivity contribution in [2.45, 2.75) is 38.1 Å². The first kappa shape index (κ1) is 20.5. The molecule has 26 heavy (non-hydrogen) atoms. The number of hydrogen-bond acceptors (Lipinski definition) is 4. The molecule has 1 aliphatic carbocycles.